The van der Waals surface area contributed by atoms with Crippen LogP contribution in [-0.4, -0.2) is 22.2 Å². The largest absolute Gasteiger partial charge is 1.00 e. The minimum Gasteiger partial charge on any atom is -0.550 e. The molecule has 206 valence electrons. The zero-order valence-electron chi connectivity index (χ0n) is 24.2. The van der Waals surface area contributed by atoms with Gasteiger partial charge in [0.15, 0.2) is 0 Å². The number of rotatable bonds is 24. The van der Waals surface area contributed by atoms with Crippen LogP contribution in [0, 0.1) is 0 Å². The van der Waals surface area contributed by atoms with Crippen LogP contribution >= 0.6 is 0 Å². The number of carbonyl (C=O) groups is 2. The molecule has 0 aromatic heterocycles. The summed E-state index contributed by atoms with van der Waals surface area (Å²) in [6, 6.07) is 3.20. The number of carboxylic acid groups (broad SMARTS) is 2. The normalized spacial score (nSPS) is 10.5. The predicted octanol–water partition coefficient (Wildman–Crippen LogP) is -0.507. The number of aromatic hydroxyl groups is 2. The fraction of sp³-hybridized carbons (Fsp3) is 0.733. The van der Waals surface area contributed by atoms with Gasteiger partial charge in [-0.25, -0.2) is 0 Å². The first-order chi connectivity index (χ1) is 17.4. The van der Waals surface area contributed by atoms with E-state index in [2.05, 4.69) is 0 Å². The van der Waals surface area contributed by atoms with Crippen molar-refractivity contribution in [2.75, 3.05) is 0 Å². The van der Waals surface area contributed by atoms with Gasteiger partial charge in [-0.2, -0.15) is 0 Å². The topological polar surface area (TPSA) is 121 Å². The summed E-state index contributed by atoms with van der Waals surface area (Å²) in [5.74, 6) is -1.33. The molecule has 0 saturated heterocycles. The first-order valence-electron chi connectivity index (χ1n) is 14.3. The molecule has 1 aromatic carbocycles. The Balaban J connectivity index is 0. The summed E-state index contributed by atoms with van der Waals surface area (Å²) in [4.78, 5) is 20.8. The SMILES string of the molecule is O=C([O-])CCCCCCCCCCCc1c(O)ccc(O)c1CCCCCCCCCCCC(=O)[O-].[Na+].[Na+]. The van der Waals surface area contributed by atoms with Gasteiger partial charge in [0.2, 0.25) is 0 Å². The molecule has 0 radical (unpaired) electrons. The Morgan fingerprint density at radius 2 is 0.711 bits per heavy atom. The number of carboxylic acids is 2. The van der Waals surface area contributed by atoms with Crippen LogP contribution < -0.4 is 69.3 Å². The van der Waals surface area contributed by atoms with Gasteiger partial charge in [0.25, 0.3) is 0 Å². The Hall–Kier alpha value is -0.240. The zero-order valence-corrected chi connectivity index (χ0v) is 28.2. The number of hydrogen-bond acceptors (Lipinski definition) is 6. The summed E-state index contributed by atoms with van der Waals surface area (Å²) in [5.41, 5.74) is 1.80. The minimum atomic E-state index is -0.954. The number of phenolic OH excluding ortho intramolecular Hbond substituents is 2. The molecule has 0 heterocycles. The first kappa shape index (κ1) is 39.9. The van der Waals surface area contributed by atoms with E-state index in [1.165, 1.54) is 25.7 Å². The fourth-order valence-electron chi connectivity index (χ4n) is 4.84. The molecule has 0 spiro atoms. The zero-order chi connectivity index (χ0) is 26.4. The van der Waals surface area contributed by atoms with E-state index in [0.29, 0.717) is 12.8 Å². The van der Waals surface area contributed by atoms with Gasteiger partial charge in [0.05, 0.1) is 0 Å². The number of benzene rings is 1. The molecule has 0 aliphatic heterocycles. The van der Waals surface area contributed by atoms with Crippen molar-refractivity contribution in [1.82, 2.24) is 0 Å². The Labute approximate surface area is 275 Å². The summed E-state index contributed by atoms with van der Waals surface area (Å²) in [6.07, 6.45) is 21.0. The standard InChI is InChI=1S/C30H50O6.2Na/c31-27-23-24-28(32)26(20-16-12-8-4-2-6-10-14-18-22-30(35)36)25(27)19-15-11-7-3-1-5-9-13-17-21-29(33)34;;/h23-24,31-32H,1-22H2,(H,33,34)(H,35,36);;/q;2*+1/p-2. The van der Waals surface area contributed by atoms with Crippen molar-refractivity contribution in [2.24, 2.45) is 0 Å². The number of hydrogen-bond donors (Lipinski definition) is 2. The summed E-state index contributed by atoms with van der Waals surface area (Å²) >= 11 is 0. The van der Waals surface area contributed by atoms with Gasteiger partial charge in [-0.1, -0.05) is 89.9 Å². The molecule has 1 aromatic rings. The second-order valence-electron chi connectivity index (χ2n) is 10.2. The van der Waals surface area contributed by atoms with Crippen molar-refractivity contribution in [3.63, 3.8) is 0 Å². The number of aliphatic carboxylic acids is 2. The van der Waals surface area contributed by atoms with E-state index in [4.69, 9.17) is 0 Å². The minimum absolute atomic E-state index is 0. The molecule has 0 saturated carbocycles. The van der Waals surface area contributed by atoms with Crippen LogP contribution in [0.3, 0.4) is 0 Å². The van der Waals surface area contributed by atoms with E-state index in [0.717, 1.165) is 101 Å². The average Bonchev–Trinajstić information content (AvgIpc) is 2.83. The van der Waals surface area contributed by atoms with Crippen molar-refractivity contribution in [3.8, 4) is 11.5 Å². The molecular formula is C30H48Na2O6. The van der Waals surface area contributed by atoms with E-state index in [1.54, 1.807) is 12.1 Å². The first-order valence-corrected chi connectivity index (χ1v) is 14.3. The van der Waals surface area contributed by atoms with Gasteiger partial charge in [-0.3, -0.25) is 0 Å². The molecule has 6 nitrogen and oxygen atoms in total. The molecule has 0 bridgehead atoms. The van der Waals surface area contributed by atoms with Gasteiger partial charge in [0, 0.05) is 23.1 Å². The molecule has 0 aliphatic carbocycles. The molecule has 0 atom stereocenters. The monoisotopic (exact) mass is 550 g/mol. The maximum Gasteiger partial charge on any atom is 1.00 e. The van der Waals surface area contributed by atoms with Gasteiger partial charge in [0.1, 0.15) is 11.5 Å². The molecule has 1 rings (SSSR count). The third kappa shape index (κ3) is 21.6. The summed E-state index contributed by atoms with van der Waals surface area (Å²) in [6.45, 7) is 0. The average molecular weight is 551 g/mol. The molecule has 2 N–H and O–H groups in total. The summed E-state index contributed by atoms with van der Waals surface area (Å²) < 4.78 is 0. The third-order valence-corrected chi connectivity index (χ3v) is 7.00. The van der Waals surface area contributed by atoms with Crippen LogP contribution in [0.15, 0.2) is 12.1 Å². The van der Waals surface area contributed by atoms with Crippen LogP contribution in [0.5, 0.6) is 11.5 Å². The van der Waals surface area contributed by atoms with Gasteiger partial charge in [-0.15, -0.1) is 0 Å². The number of carbonyl (C=O) groups excluding carboxylic acids is 2. The molecule has 8 heteroatoms. The van der Waals surface area contributed by atoms with E-state index < -0.39 is 11.9 Å². The fourth-order valence-corrected chi connectivity index (χ4v) is 4.84. The number of unbranched alkanes of at least 4 members (excludes halogenated alkanes) is 16. The van der Waals surface area contributed by atoms with Crippen LogP contribution in [0.25, 0.3) is 0 Å². The Morgan fingerprint density at radius 3 is 0.974 bits per heavy atom. The van der Waals surface area contributed by atoms with Gasteiger partial charge in [-0.05, 0) is 63.5 Å². The summed E-state index contributed by atoms with van der Waals surface area (Å²) in [5, 5.41) is 41.6. The summed E-state index contributed by atoms with van der Waals surface area (Å²) in [7, 11) is 0. The van der Waals surface area contributed by atoms with Crippen molar-refractivity contribution >= 4 is 11.9 Å². The van der Waals surface area contributed by atoms with E-state index >= 15 is 0 Å². The van der Waals surface area contributed by atoms with Crippen LogP contribution in [0.2, 0.25) is 0 Å². The van der Waals surface area contributed by atoms with Crippen molar-refractivity contribution < 1.29 is 89.1 Å². The van der Waals surface area contributed by atoms with Crippen LogP contribution in [0.4, 0.5) is 0 Å². The smallest absolute Gasteiger partial charge is 0.550 e. The molecule has 0 fully saturated rings. The Morgan fingerprint density at radius 1 is 0.474 bits per heavy atom. The van der Waals surface area contributed by atoms with Crippen molar-refractivity contribution in [1.29, 1.82) is 0 Å². The molecule has 0 aliphatic rings. The maximum atomic E-state index is 10.4. The van der Waals surface area contributed by atoms with Gasteiger partial charge < -0.3 is 30.0 Å². The van der Waals surface area contributed by atoms with Crippen molar-refractivity contribution in [3.05, 3.63) is 23.3 Å². The number of phenols is 2. The molecule has 38 heavy (non-hydrogen) atoms. The van der Waals surface area contributed by atoms with Crippen molar-refractivity contribution in [2.45, 2.75) is 141 Å². The second kappa shape index (κ2) is 27.0. The molecule has 0 unspecified atom stereocenters. The molecular weight excluding hydrogens is 502 g/mol. The Kier molecular flexibility index (Phi) is 28.3. The van der Waals surface area contributed by atoms with E-state index in [1.807, 2.05) is 0 Å². The quantitative estimate of drug-likeness (QED) is 0.102. The second-order valence-corrected chi connectivity index (χ2v) is 10.2. The Bertz CT molecular complexity index is 681. The van der Waals surface area contributed by atoms with Crippen LogP contribution in [-0.2, 0) is 22.4 Å². The van der Waals surface area contributed by atoms with Crippen LogP contribution in [0.1, 0.15) is 140 Å². The molecule has 0 amide bonds. The van der Waals surface area contributed by atoms with E-state index in [-0.39, 0.29) is 83.5 Å². The third-order valence-electron chi connectivity index (χ3n) is 7.00. The predicted molar refractivity (Wildman–Crippen MR) is 140 cm³/mol. The maximum absolute atomic E-state index is 10.4. The van der Waals surface area contributed by atoms with E-state index in [9.17, 15) is 30.0 Å². The van der Waals surface area contributed by atoms with Gasteiger partial charge >= 0.3 is 59.1 Å².